The maximum atomic E-state index is 14.5. The largest absolute Gasteiger partial charge is 0.492 e. The molecule has 1 heterocycles. The second-order valence-corrected chi connectivity index (χ2v) is 7.68. The second-order valence-electron chi connectivity index (χ2n) is 7.68. The summed E-state index contributed by atoms with van der Waals surface area (Å²) in [5, 5.41) is 12.1. The number of benzene rings is 1. The predicted octanol–water partition coefficient (Wildman–Crippen LogP) is 3.64. The molecule has 1 aromatic rings. The number of nitrogens with zero attached hydrogens (tertiary/aromatic N) is 1. The number of halogens is 2. The second kappa shape index (κ2) is 5.87. The summed E-state index contributed by atoms with van der Waals surface area (Å²) in [4.78, 5) is 12.1. The molecule has 25 heavy (non-hydrogen) atoms. The molecule has 1 unspecified atom stereocenters. The molecule has 1 aromatic carbocycles. The summed E-state index contributed by atoms with van der Waals surface area (Å²) in [6.45, 7) is 5.40. The first kappa shape index (κ1) is 17.5. The Balaban J connectivity index is 1.94. The van der Waals surface area contributed by atoms with Gasteiger partial charge >= 0.3 is 6.09 Å². The van der Waals surface area contributed by atoms with E-state index in [0.717, 1.165) is 25.0 Å². The van der Waals surface area contributed by atoms with Gasteiger partial charge in [0.15, 0.2) is 0 Å². The van der Waals surface area contributed by atoms with E-state index < -0.39 is 40.7 Å². The van der Waals surface area contributed by atoms with Crippen LogP contribution in [0.3, 0.4) is 0 Å². The van der Waals surface area contributed by atoms with E-state index in [1.54, 1.807) is 20.8 Å². The number of hydrogen-bond acceptors (Lipinski definition) is 4. The number of rotatable bonds is 2. The third kappa shape index (κ3) is 3.39. The van der Waals surface area contributed by atoms with Crippen LogP contribution in [0.4, 0.5) is 13.6 Å². The van der Waals surface area contributed by atoms with Gasteiger partial charge in [0.1, 0.15) is 29.0 Å². The summed E-state index contributed by atoms with van der Waals surface area (Å²) in [5.74, 6) is -2.03. The van der Waals surface area contributed by atoms with E-state index in [9.17, 15) is 18.8 Å². The minimum absolute atomic E-state index is 0.0891. The van der Waals surface area contributed by atoms with Gasteiger partial charge in [-0.25, -0.2) is 13.6 Å². The Morgan fingerprint density at radius 3 is 2.68 bits per heavy atom. The molecule has 0 bridgehead atoms. The van der Waals surface area contributed by atoms with Crippen molar-refractivity contribution in [2.45, 2.75) is 51.2 Å². The van der Waals surface area contributed by atoms with Crippen LogP contribution in [0.25, 0.3) is 0 Å². The zero-order valence-electron chi connectivity index (χ0n) is 14.4. The minimum atomic E-state index is -1.00. The van der Waals surface area contributed by atoms with E-state index in [2.05, 4.69) is 5.32 Å². The van der Waals surface area contributed by atoms with Crippen LogP contribution in [-0.2, 0) is 4.74 Å². The molecular formula is C18H20F2N2O3. The van der Waals surface area contributed by atoms with Crippen LogP contribution in [0.5, 0.6) is 5.75 Å². The van der Waals surface area contributed by atoms with Gasteiger partial charge in [-0.15, -0.1) is 0 Å². The number of nitriles is 1. The Bertz CT molecular complexity index is 748. The molecule has 0 aromatic heterocycles. The Labute approximate surface area is 144 Å². The molecular weight excluding hydrogens is 330 g/mol. The van der Waals surface area contributed by atoms with Crippen molar-refractivity contribution >= 4 is 6.09 Å². The lowest BCUT2D eigenvalue weighted by Crippen LogP contribution is -2.46. The summed E-state index contributed by atoms with van der Waals surface area (Å²) < 4.78 is 38.7. The summed E-state index contributed by atoms with van der Waals surface area (Å²) in [5.41, 5.74) is -0.988. The smallest absolute Gasteiger partial charge is 0.408 e. The van der Waals surface area contributed by atoms with Crippen LogP contribution in [0.2, 0.25) is 0 Å². The van der Waals surface area contributed by atoms with Crippen LogP contribution in [0, 0.1) is 28.4 Å². The van der Waals surface area contributed by atoms with E-state index in [0.29, 0.717) is 0 Å². The number of alkyl carbamates (subject to hydrolysis) is 1. The number of hydrogen-bond donors (Lipinski definition) is 1. The standard InChI is InChI=1S/C18H20F2N2O3/c1-17(2,3)25-16(23)22-12(8-21)15-14-11(20)6-10(19)7-13(14)24-9-18(15)4-5-18/h6-7,12,15H,4-5,9H2,1-3H3,(H,22,23)/t12-,15?/m1/s1. The zero-order valence-corrected chi connectivity index (χ0v) is 14.4. The summed E-state index contributed by atoms with van der Waals surface area (Å²) in [6, 6.07) is 2.93. The highest BCUT2D eigenvalue weighted by Gasteiger charge is 2.57. The highest BCUT2D eigenvalue weighted by molar-refractivity contribution is 5.69. The van der Waals surface area contributed by atoms with Gasteiger partial charge in [0.25, 0.3) is 0 Å². The molecule has 1 aliphatic heterocycles. The number of carbonyl (C=O) groups is 1. The van der Waals surface area contributed by atoms with Gasteiger partial charge in [-0.1, -0.05) is 0 Å². The topological polar surface area (TPSA) is 71.3 Å². The maximum Gasteiger partial charge on any atom is 0.408 e. The normalized spacial score (nSPS) is 21.5. The first-order valence-corrected chi connectivity index (χ1v) is 8.16. The van der Waals surface area contributed by atoms with E-state index in [1.807, 2.05) is 6.07 Å². The number of amides is 1. The van der Waals surface area contributed by atoms with Crippen molar-refractivity contribution < 1.29 is 23.0 Å². The third-order valence-corrected chi connectivity index (χ3v) is 4.58. The van der Waals surface area contributed by atoms with Crippen molar-refractivity contribution in [2.24, 2.45) is 5.41 Å². The Kier molecular flexibility index (Phi) is 4.10. The lowest BCUT2D eigenvalue weighted by molar-refractivity contribution is 0.0490. The van der Waals surface area contributed by atoms with Gasteiger partial charge in [0, 0.05) is 29.0 Å². The van der Waals surface area contributed by atoms with E-state index in [-0.39, 0.29) is 17.9 Å². The zero-order chi connectivity index (χ0) is 18.4. The van der Waals surface area contributed by atoms with Crippen molar-refractivity contribution in [3.8, 4) is 11.8 Å². The fourth-order valence-electron chi connectivity index (χ4n) is 3.36. The van der Waals surface area contributed by atoms with E-state index >= 15 is 0 Å². The van der Waals surface area contributed by atoms with Crippen LogP contribution in [0.1, 0.15) is 45.1 Å². The van der Waals surface area contributed by atoms with Crippen molar-refractivity contribution in [1.29, 1.82) is 5.26 Å². The van der Waals surface area contributed by atoms with Crippen molar-refractivity contribution in [3.05, 3.63) is 29.3 Å². The average Bonchev–Trinajstić information content (AvgIpc) is 3.24. The lowest BCUT2D eigenvalue weighted by Gasteiger charge is -2.37. The highest BCUT2D eigenvalue weighted by Crippen LogP contribution is 2.61. The third-order valence-electron chi connectivity index (χ3n) is 4.58. The molecule has 1 fully saturated rings. The first-order valence-electron chi connectivity index (χ1n) is 8.16. The highest BCUT2D eigenvalue weighted by atomic mass is 19.1. The minimum Gasteiger partial charge on any atom is -0.492 e. The fraction of sp³-hybridized carbons (Fsp3) is 0.556. The molecule has 2 aliphatic rings. The molecule has 5 nitrogen and oxygen atoms in total. The molecule has 2 atom stereocenters. The summed E-state index contributed by atoms with van der Waals surface area (Å²) >= 11 is 0. The molecule has 0 saturated heterocycles. The predicted molar refractivity (Wildman–Crippen MR) is 85.0 cm³/mol. The van der Waals surface area contributed by atoms with Gasteiger partial charge in [-0.2, -0.15) is 5.26 Å². The van der Waals surface area contributed by atoms with E-state index in [4.69, 9.17) is 9.47 Å². The van der Waals surface area contributed by atoms with Crippen LogP contribution in [0.15, 0.2) is 12.1 Å². The SMILES string of the molecule is CC(C)(C)OC(=O)N[C@H](C#N)C1c2c(F)cc(F)cc2OCC12CC2. The van der Waals surface area contributed by atoms with Crippen LogP contribution >= 0.6 is 0 Å². The Morgan fingerprint density at radius 1 is 1.44 bits per heavy atom. The molecule has 1 aliphatic carbocycles. The van der Waals surface area contributed by atoms with Crippen molar-refractivity contribution in [1.82, 2.24) is 5.32 Å². The van der Waals surface area contributed by atoms with Gasteiger partial charge in [-0.3, -0.25) is 0 Å². The molecule has 1 saturated carbocycles. The first-order chi connectivity index (χ1) is 11.6. The lowest BCUT2D eigenvalue weighted by atomic mass is 9.76. The quantitative estimate of drug-likeness (QED) is 0.884. The van der Waals surface area contributed by atoms with Crippen molar-refractivity contribution in [3.63, 3.8) is 0 Å². The number of fused-ring (bicyclic) bond motifs is 1. The van der Waals surface area contributed by atoms with Crippen LogP contribution in [-0.4, -0.2) is 24.3 Å². The Morgan fingerprint density at radius 2 is 2.12 bits per heavy atom. The number of ether oxygens (including phenoxy) is 2. The molecule has 1 spiro atoms. The summed E-state index contributed by atoms with van der Waals surface area (Å²) in [6.07, 6.45) is 0.759. The molecule has 134 valence electrons. The monoisotopic (exact) mass is 350 g/mol. The molecule has 3 rings (SSSR count). The fourth-order valence-corrected chi connectivity index (χ4v) is 3.36. The maximum absolute atomic E-state index is 14.5. The molecule has 7 heteroatoms. The number of carbonyl (C=O) groups excluding carboxylic acids is 1. The number of nitrogens with one attached hydrogen (secondary N) is 1. The van der Waals surface area contributed by atoms with Crippen molar-refractivity contribution in [2.75, 3.05) is 6.61 Å². The molecule has 1 amide bonds. The molecule has 0 radical (unpaired) electrons. The van der Waals surface area contributed by atoms with Gasteiger partial charge in [0.2, 0.25) is 0 Å². The van der Waals surface area contributed by atoms with Gasteiger partial charge in [-0.05, 0) is 33.6 Å². The average molecular weight is 350 g/mol. The Hall–Kier alpha value is -2.36. The van der Waals surface area contributed by atoms with Gasteiger partial charge < -0.3 is 14.8 Å². The molecule has 1 N–H and O–H groups in total. The van der Waals surface area contributed by atoms with E-state index in [1.165, 1.54) is 0 Å². The van der Waals surface area contributed by atoms with Crippen LogP contribution < -0.4 is 10.1 Å². The summed E-state index contributed by atoms with van der Waals surface area (Å²) in [7, 11) is 0. The van der Waals surface area contributed by atoms with Gasteiger partial charge in [0.05, 0.1) is 12.7 Å².